The number of nitrogens with one attached hydrogen (secondary N) is 1. The summed E-state index contributed by atoms with van der Waals surface area (Å²) in [4.78, 5) is 12.1. The van der Waals surface area contributed by atoms with Crippen molar-refractivity contribution in [1.29, 1.82) is 0 Å². The zero-order valence-electron chi connectivity index (χ0n) is 17.0. The fourth-order valence-corrected chi connectivity index (χ4v) is 3.81. The summed E-state index contributed by atoms with van der Waals surface area (Å²) in [5.74, 6) is -0.394. The van der Waals surface area contributed by atoms with Gasteiger partial charge in [0.1, 0.15) is 5.69 Å². The van der Waals surface area contributed by atoms with Crippen LogP contribution in [0.3, 0.4) is 0 Å². The summed E-state index contributed by atoms with van der Waals surface area (Å²) < 4.78 is 65.2. The molecule has 168 valence electrons. The van der Waals surface area contributed by atoms with E-state index in [1.807, 2.05) is 11.8 Å². The minimum atomic E-state index is -5.70. The standard InChI is InChI=1S/C18H17F3N8O2S/c1-5-29-8-6-7-11-9-12(13(10-14(11)29)27-32(30,31)18(19,20)21)25-26-17-24-15(22-2)16(23-3)28(17)4/h9-10,27H,5-8H2,1,4H3. The fraction of sp³-hybridized carbons (Fsp3) is 0.389. The van der Waals surface area contributed by atoms with Crippen LogP contribution in [0.15, 0.2) is 22.4 Å². The molecule has 0 amide bonds. The second-order valence-corrected chi connectivity index (χ2v) is 8.45. The average molecular weight is 466 g/mol. The molecule has 0 fully saturated rings. The van der Waals surface area contributed by atoms with Crippen LogP contribution >= 0.6 is 0 Å². The van der Waals surface area contributed by atoms with Crippen molar-refractivity contribution in [2.45, 2.75) is 25.3 Å². The molecular weight excluding hydrogens is 449 g/mol. The van der Waals surface area contributed by atoms with E-state index in [0.29, 0.717) is 25.2 Å². The summed E-state index contributed by atoms with van der Waals surface area (Å²) in [5, 5.41) is 7.76. The minimum absolute atomic E-state index is 0.0732. The molecule has 0 aliphatic carbocycles. The van der Waals surface area contributed by atoms with Gasteiger partial charge in [0.05, 0.1) is 12.7 Å². The van der Waals surface area contributed by atoms with Crippen LogP contribution in [0, 0.1) is 13.1 Å². The van der Waals surface area contributed by atoms with Crippen molar-refractivity contribution in [1.82, 2.24) is 9.55 Å². The third kappa shape index (κ3) is 4.22. The molecule has 0 atom stereocenters. The first-order valence-corrected chi connectivity index (χ1v) is 10.7. The Bertz CT molecular complexity index is 1270. The highest BCUT2D eigenvalue weighted by molar-refractivity contribution is 7.93. The van der Waals surface area contributed by atoms with Gasteiger partial charge in [-0.3, -0.25) is 4.72 Å². The van der Waals surface area contributed by atoms with Gasteiger partial charge in [0.2, 0.25) is 0 Å². The van der Waals surface area contributed by atoms with E-state index in [1.54, 1.807) is 4.72 Å². The maximum Gasteiger partial charge on any atom is 0.516 e. The average Bonchev–Trinajstić information content (AvgIpc) is 3.05. The SMILES string of the molecule is [C-]#[N+]c1nc(N=Nc2cc3c(cc2NS(=O)(=O)C(F)(F)F)N(CC)CCC3)n(C)c1[N+]#[C-]. The molecule has 0 spiro atoms. The number of aryl methyl sites for hydroxylation is 1. The molecule has 1 aromatic carbocycles. The molecule has 1 aromatic heterocycles. The Labute approximate surface area is 182 Å². The van der Waals surface area contributed by atoms with E-state index in [1.165, 1.54) is 23.7 Å². The largest absolute Gasteiger partial charge is 0.516 e. The molecule has 32 heavy (non-hydrogen) atoms. The second kappa shape index (κ2) is 8.47. The third-order valence-corrected chi connectivity index (χ3v) is 5.92. The lowest BCUT2D eigenvalue weighted by Crippen LogP contribution is -2.31. The van der Waals surface area contributed by atoms with E-state index in [2.05, 4.69) is 24.9 Å². The molecule has 3 rings (SSSR count). The number of hydrogen-bond donors (Lipinski definition) is 1. The minimum Gasteiger partial charge on any atom is -0.373 e. The van der Waals surface area contributed by atoms with Crippen LogP contribution in [0.2, 0.25) is 0 Å². The van der Waals surface area contributed by atoms with Crippen molar-refractivity contribution in [3.05, 3.63) is 40.5 Å². The number of anilines is 2. The van der Waals surface area contributed by atoms with Gasteiger partial charge < -0.3 is 14.6 Å². The van der Waals surface area contributed by atoms with Crippen LogP contribution in [0.5, 0.6) is 0 Å². The molecule has 0 radical (unpaired) electrons. The summed E-state index contributed by atoms with van der Waals surface area (Å²) in [7, 11) is -4.26. The number of azo groups is 1. The lowest BCUT2D eigenvalue weighted by molar-refractivity contribution is -0.0429. The molecule has 0 saturated carbocycles. The summed E-state index contributed by atoms with van der Waals surface area (Å²) in [6, 6.07) is 2.78. The van der Waals surface area contributed by atoms with Gasteiger partial charge in [-0.15, -0.1) is 5.11 Å². The highest BCUT2D eigenvalue weighted by Gasteiger charge is 2.46. The Morgan fingerprint density at radius 1 is 1.25 bits per heavy atom. The van der Waals surface area contributed by atoms with Gasteiger partial charge in [-0.2, -0.15) is 21.6 Å². The van der Waals surface area contributed by atoms with Gasteiger partial charge in [0.25, 0.3) is 11.6 Å². The van der Waals surface area contributed by atoms with E-state index in [4.69, 9.17) is 13.1 Å². The van der Waals surface area contributed by atoms with Crippen LogP contribution < -0.4 is 9.62 Å². The zero-order chi connectivity index (χ0) is 23.7. The maximum absolute atomic E-state index is 13.0. The van der Waals surface area contributed by atoms with Crippen LogP contribution in [0.4, 0.5) is 47.8 Å². The number of nitrogens with zero attached hydrogens (tertiary/aromatic N) is 7. The van der Waals surface area contributed by atoms with Crippen molar-refractivity contribution >= 4 is 44.7 Å². The van der Waals surface area contributed by atoms with Gasteiger partial charge in [-0.1, -0.05) is 23.2 Å². The first-order chi connectivity index (χ1) is 15.0. The van der Waals surface area contributed by atoms with Crippen molar-refractivity contribution in [3.63, 3.8) is 0 Å². The molecule has 2 aromatic rings. The normalized spacial score (nSPS) is 14.2. The molecular formula is C18H17F3N8O2S. The molecule has 1 aliphatic rings. The van der Waals surface area contributed by atoms with Crippen molar-refractivity contribution in [2.24, 2.45) is 17.3 Å². The number of benzene rings is 1. The number of sulfonamides is 1. The van der Waals surface area contributed by atoms with Crippen molar-refractivity contribution in [3.8, 4) is 0 Å². The highest BCUT2D eigenvalue weighted by Crippen LogP contribution is 2.40. The number of fused-ring (bicyclic) bond motifs is 1. The smallest absolute Gasteiger partial charge is 0.373 e. The highest BCUT2D eigenvalue weighted by atomic mass is 32.2. The predicted octanol–water partition coefficient (Wildman–Crippen LogP) is 4.97. The summed E-state index contributed by atoms with van der Waals surface area (Å²) in [6.07, 6.45) is 1.44. The number of rotatable bonds is 5. The number of imidazole rings is 1. The summed E-state index contributed by atoms with van der Waals surface area (Å²) in [6.45, 7) is 17.4. The van der Waals surface area contributed by atoms with E-state index < -0.39 is 21.2 Å². The monoisotopic (exact) mass is 466 g/mol. The molecule has 0 bridgehead atoms. The molecule has 14 heteroatoms. The number of hydrogen-bond acceptors (Lipinski definition) is 6. The Balaban J connectivity index is 2.12. The predicted molar refractivity (Wildman–Crippen MR) is 111 cm³/mol. The Hall–Kier alpha value is -3.65. The topological polar surface area (TPSA) is 101 Å². The fourth-order valence-electron chi connectivity index (χ4n) is 3.24. The lowest BCUT2D eigenvalue weighted by Gasteiger charge is -2.31. The van der Waals surface area contributed by atoms with Gasteiger partial charge in [0.15, 0.2) is 0 Å². The van der Waals surface area contributed by atoms with Crippen molar-refractivity contribution < 1.29 is 21.6 Å². The molecule has 0 unspecified atom stereocenters. The summed E-state index contributed by atoms with van der Waals surface area (Å²) >= 11 is 0. The van der Waals surface area contributed by atoms with Gasteiger partial charge in [0, 0.05) is 18.8 Å². The first kappa shape index (κ1) is 23.0. The first-order valence-electron chi connectivity index (χ1n) is 9.26. The molecule has 0 saturated heterocycles. The van der Waals surface area contributed by atoms with Crippen molar-refractivity contribution in [2.75, 3.05) is 22.7 Å². The number of halogens is 3. The van der Waals surface area contributed by atoms with Crippen LogP contribution in [0.25, 0.3) is 9.69 Å². The second-order valence-electron chi connectivity index (χ2n) is 6.77. The van der Waals surface area contributed by atoms with Gasteiger partial charge in [-0.25, -0.2) is 4.57 Å². The van der Waals surface area contributed by atoms with Crippen LogP contribution in [-0.4, -0.2) is 36.6 Å². The zero-order valence-corrected chi connectivity index (χ0v) is 17.8. The van der Waals surface area contributed by atoms with Gasteiger partial charge in [-0.05, 0) is 37.5 Å². The number of alkyl halides is 3. The summed E-state index contributed by atoms with van der Waals surface area (Å²) in [5.41, 5.74) is -4.66. The third-order valence-electron chi connectivity index (χ3n) is 4.83. The number of aromatic nitrogens is 2. The van der Waals surface area contributed by atoms with E-state index in [0.717, 1.165) is 12.0 Å². The lowest BCUT2D eigenvalue weighted by atomic mass is 10.0. The van der Waals surface area contributed by atoms with Gasteiger partial charge >= 0.3 is 21.5 Å². The Morgan fingerprint density at radius 2 is 1.97 bits per heavy atom. The molecule has 1 aliphatic heterocycles. The quantitative estimate of drug-likeness (QED) is 0.497. The van der Waals surface area contributed by atoms with E-state index in [9.17, 15) is 21.6 Å². The van der Waals surface area contributed by atoms with E-state index >= 15 is 0 Å². The van der Waals surface area contributed by atoms with Crippen LogP contribution in [-0.2, 0) is 23.5 Å². The molecule has 10 nitrogen and oxygen atoms in total. The van der Waals surface area contributed by atoms with Crippen LogP contribution in [0.1, 0.15) is 18.9 Å². The molecule has 2 heterocycles. The maximum atomic E-state index is 13.0. The Morgan fingerprint density at radius 3 is 2.53 bits per heavy atom. The Kier molecular flexibility index (Phi) is 6.09. The van der Waals surface area contributed by atoms with E-state index in [-0.39, 0.29) is 23.3 Å². The molecule has 1 N–H and O–H groups in total.